The quantitative estimate of drug-likeness (QED) is 0.833. The van der Waals surface area contributed by atoms with Crippen LogP contribution in [-0.2, 0) is 0 Å². The van der Waals surface area contributed by atoms with E-state index in [0.717, 1.165) is 18.5 Å². The second kappa shape index (κ2) is 5.76. The highest BCUT2D eigenvalue weighted by molar-refractivity contribution is 7.98. The van der Waals surface area contributed by atoms with Crippen molar-refractivity contribution in [2.45, 2.75) is 24.3 Å². The van der Waals surface area contributed by atoms with Gasteiger partial charge in [-0.05, 0) is 42.9 Å². The Bertz CT molecular complexity index is 418. The fraction of sp³-hybridized carbons (Fsp3) is 0.500. The second-order valence-corrected chi connectivity index (χ2v) is 5.79. The lowest BCUT2D eigenvalue weighted by Crippen LogP contribution is -2.49. The number of likely N-dealkylation sites (tertiary alicyclic amines) is 1. The average molecular weight is 264 g/mol. The largest absolute Gasteiger partial charge is 0.337 e. The third kappa shape index (κ3) is 2.87. The molecule has 0 spiro atoms. The molecule has 0 bridgehead atoms. The summed E-state index contributed by atoms with van der Waals surface area (Å²) in [4.78, 5) is 15.4. The van der Waals surface area contributed by atoms with E-state index in [2.05, 4.69) is 6.92 Å². The lowest BCUT2D eigenvalue weighted by atomic mass is 9.94. The zero-order valence-corrected chi connectivity index (χ0v) is 11.7. The van der Waals surface area contributed by atoms with Gasteiger partial charge >= 0.3 is 0 Å². The van der Waals surface area contributed by atoms with Gasteiger partial charge in [0.1, 0.15) is 0 Å². The Hall–Kier alpha value is -1.00. The summed E-state index contributed by atoms with van der Waals surface area (Å²) in [6, 6.07) is 7.89. The number of rotatable bonds is 2. The van der Waals surface area contributed by atoms with Crippen molar-refractivity contribution < 1.29 is 4.79 Å². The highest BCUT2D eigenvalue weighted by Crippen LogP contribution is 2.19. The third-order valence-electron chi connectivity index (χ3n) is 3.64. The van der Waals surface area contributed by atoms with E-state index in [9.17, 15) is 4.79 Å². The first-order chi connectivity index (χ1) is 8.61. The lowest BCUT2D eigenvalue weighted by Gasteiger charge is -2.35. The topological polar surface area (TPSA) is 46.3 Å². The monoisotopic (exact) mass is 264 g/mol. The molecule has 3 nitrogen and oxygen atoms in total. The van der Waals surface area contributed by atoms with Crippen LogP contribution in [0.25, 0.3) is 0 Å². The number of nitrogens with two attached hydrogens (primary N) is 1. The summed E-state index contributed by atoms with van der Waals surface area (Å²) >= 11 is 1.68. The van der Waals surface area contributed by atoms with E-state index in [1.807, 2.05) is 35.4 Å². The molecule has 98 valence electrons. The number of benzene rings is 1. The van der Waals surface area contributed by atoms with Crippen LogP contribution in [0.15, 0.2) is 29.2 Å². The average Bonchev–Trinajstić information content (AvgIpc) is 2.41. The molecule has 2 N–H and O–H groups in total. The number of hydrogen-bond donors (Lipinski definition) is 1. The molecule has 1 saturated heterocycles. The predicted molar refractivity (Wildman–Crippen MR) is 75.9 cm³/mol. The summed E-state index contributed by atoms with van der Waals surface area (Å²) in [5.74, 6) is 0.609. The Morgan fingerprint density at radius 1 is 1.39 bits per heavy atom. The van der Waals surface area contributed by atoms with Gasteiger partial charge in [-0.25, -0.2) is 0 Å². The summed E-state index contributed by atoms with van der Waals surface area (Å²) in [7, 11) is 0. The van der Waals surface area contributed by atoms with E-state index in [-0.39, 0.29) is 11.9 Å². The molecule has 1 fully saturated rings. The second-order valence-electron chi connectivity index (χ2n) is 4.91. The van der Waals surface area contributed by atoms with E-state index in [1.54, 1.807) is 11.8 Å². The van der Waals surface area contributed by atoms with Crippen molar-refractivity contribution in [3.63, 3.8) is 0 Å². The number of carbonyl (C=O) groups excluding carboxylic acids is 1. The number of hydrogen-bond acceptors (Lipinski definition) is 3. The standard InChI is InChI=1S/C14H20N2OS/c1-10-7-8-16(9-13(10)15)14(17)11-3-5-12(18-2)6-4-11/h3-6,10,13H,7-9,15H2,1-2H3. The van der Waals surface area contributed by atoms with Crippen LogP contribution in [0.4, 0.5) is 0 Å². The molecular formula is C14H20N2OS. The minimum Gasteiger partial charge on any atom is -0.337 e. The summed E-state index contributed by atoms with van der Waals surface area (Å²) in [6.07, 6.45) is 3.03. The molecule has 2 atom stereocenters. The van der Waals surface area contributed by atoms with Crippen LogP contribution in [0.3, 0.4) is 0 Å². The Morgan fingerprint density at radius 2 is 2.06 bits per heavy atom. The van der Waals surface area contributed by atoms with E-state index in [1.165, 1.54) is 4.90 Å². The number of carbonyl (C=O) groups is 1. The zero-order valence-electron chi connectivity index (χ0n) is 10.9. The summed E-state index contributed by atoms with van der Waals surface area (Å²) in [6.45, 7) is 3.64. The predicted octanol–water partition coefficient (Wildman–Crippen LogP) is 2.22. The van der Waals surface area contributed by atoms with Gasteiger partial charge in [0, 0.05) is 29.6 Å². The van der Waals surface area contributed by atoms with Crippen LogP contribution >= 0.6 is 11.8 Å². The normalized spacial score (nSPS) is 24.1. The number of piperidine rings is 1. The van der Waals surface area contributed by atoms with Crippen molar-refractivity contribution >= 4 is 17.7 Å². The molecule has 1 aromatic carbocycles. The molecule has 0 saturated carbocycles. The highest BCUT2D eigenvalue weighted by atomic mass is 32.2. The molecule has 1 heterocycles. The van der Waals surface area contributed by atoms with Crippen LogP contribution in [-0.4, -0.2) is 36.2 Å². The van der Waals surface area contributed by atoms with Crippen LogP contribution in [0.2, 0.25) is 0 Å². The molecular weight excluding hydrogens is 244 g/mol. The van der Waals surface area contributed by atoms with Crippen molar-refractivity contribution in [1.29, 1.82) is 0 Å². The van der Waals surface area contributed by atoms with Gasteiger partial charge in [0.15, 0.2) is 0 Å². The van der Waals surface area contributed by atoms with E-state index >= 15 is 0 Å². The summed E-state index contributed by atoms with van der Waals surface area (Å²) < 4.78 is 0. The van der Waals surface area contributed by atoms with Gasteiger partial charge in [-0.15, -0.1) is 11.8 Å². The van der Waals surface area contributed by atoms with Crippen molar-refractivity contribution in [2.24, 2.45) is 11.7 Å². The SMILES string of the molecule is CSc1ccc(C(=O)N2CCC(C)C(N)C2)cc1. The molecule has 0 aromatic heterocycles. The maximum Gasteiger partial charge on any atom is 0.253 e. The fourth-order valence-corrected chi connectivity index (χ4v) is 2.61. The number of nitrogens with zero attached hydrogens (tertiary/aromatic N) is 1. The Morgan fingerprint density at radius 3 is 2.61 bits per heavy atom. The Balaban J connectivity index is 2.06. The van der Waals surface area contributed by atoms with Gasteiger partial charge in [-0.2, -0.15) is 0 Å². The molecule has 0 radical (unpaired) electrons. The number of thioether (sulfide) groups is 1. The molecule has 0 aliphatic carbocycles. The third-order valence-corrected chi connectivity index (χ3v) is 4.38. The van der Waals surface area contributed by atoms with Crippen molar-refractivity contribution in [2.75, 3.05) is 19.3 Å². The maximum absolute atomic E-state index is 12.3. The maximum atomic E-state index is 12.3. The van der Waals surface area contributed by atoms with Crippen molar-refractivity contribution in [1.82, 2.24) is 4.90 Å². The smallest absolute Gasteiger partial charge is 0.253 e. The van der Waals surface area contributed by atoms with Gasteiger partial charge < -0.3 is 10.6 Å². The first kappa shape index (κ1) is 13.4. The Kier molecular flexibility index (Phi) is 4.30. The van der Waals surface area contributed by atoms with E-state index in [4.69, 9.17) is 5.73 Å². The molecule has 4 heteroatoms. The molecule has 2 rings (SSSR count). The molecule has 1 amide bonds. The highest BCUT2D eigenvalue weighted by Gasteiger charge is 2.26. The minimum atomic E-state index is 0.102. The first-order valence-electron chi connectivity index (χ1n) is 6.30. The van der Waals surface area contributed by atoms with Gasteiger partial charge in [-0.3, -0.25) is 4.79 Å². The minimum absolute atomic E-state index is 0.102. The van der Waals surface area contributed by atoms with Gasteiger partial charge in [0.25, 0.3) is 5.91 Å². The fourth-order valence-electron chi connectivity index (χ4n) is 2.20. The van der Waals surface area contributed by atoms with Crippen LogP contribution in [0.5, 0.6) is 0 Å². The zero-order chi connectivity index (χ0) is 13.1. The van der Waals surface area contributed by atoms with Crippen molar-refractivity contribution in [3.8, 4) is 0 Å². The molecule has 1 aromatic rings. The van der Waals surface area contributed by atoms with E-state index < -0.39 is 0 Å². The molecule has 18 heavy (non-hydrogen) atoms. The molecule has 1 aliphatic rings. The summed E-state index contributed by atoms with van der Waals surface area (Å²) in [5, 5.41) is 0. The van der Waals surface area contributed by atoms with Gasteiger partial charge in [-0.1, -0.05) is 6.92 Å². The molecule has 1 aliphatic heterocycles. The van der Waals surface area contributed by atoms with Gasteiger partial charge in [0.2, 0.25) is 0 Å². The van der Waals surface area contributed by atoms with Crippen LogP contribution in [0, 0.1) is 5.92 Å². The lowest BCUT2D eigenvalue weighted by molar-refractivity contribution is 0.0672. The van der Waals surface area contributed by atoms with Gasteiger partial charge in [0.05, 0.1) is 0 Å². The first-order valence-corrected chi connectivity index (χ1v) is 7.53. The van der Waals surface area contributed by atoms with Crippen molar-refractivity contribution in [3.05, 3.63) is 29.8 Å². The van der Waals surface area contributed by atoms with E-state index in [0.29, 0.717) is 12.5 Å². The summed E-state index contributed by atoms with van der Waals surface area (Å²) in [5.41, 5.74) is 6.79. The Labute approximate surface area is 113 Å². The molecule has 2 unspecified atom stereocenters. The van der Waals surface area contributed by atoms with Crippen LogP contribution < -0.4 is 5.73 Å². The van der Waals surface area contributed by atoms with Crippen LogP contribution in [0.1, 0.15) is 23.7 Å². The number of amides is 1.